The average Bonchev–Trinajstić information content (AvgIpc) is 2.76. The van der Waals surface area contributed by atoms with Crippen molar-refractivity contribution in [2.45, 2.75) is 6.92 Å². The van der Waals surface area contributed by atoms with E-state index in [9.17, 15) is 14.4 Å². The summed E-state index contributed by atoms with van der Waals surface area (Å²) in [5, 5.41) is 2.85. The van der Waals surface area contributed by atoms with Gasteiger partial charge in [-0.3, -0.25) is 9.59 Å². The van der Waals surface area contributed by atoms with Gasteiger partial charge in [0, 0.05) is 17.6 Å². The number of anilines is 1. The third kappa shape index (κ3) is 4.70. The molecule has 0 radical (unpaired) electrons. The molecule has 2 heterocycles. The highest BCUT2D eigenvalue weighted by molar-refractivity contribution is 8.03. The van der Waals surface area contributed by atoms with Crippen molar-refractivity contribution >= 4 is 47.3 Å². The summed E-state index contributed by atoms with van der Waals surface area (Å²) in [6.45, 7) is 2.59. The fraction of sp³-hybridized carbons (Fsp3) is 0.381. The van der Waals surface area contributed by atoms with Crippen molar-refractivity contribution < 1.29 is 28.4 Å². The van der Waals surface area contributed by atoms with Crippen molar-refractivity contribution in [2.75, 3.05) is 45.5 Å². The molecule has 0 spiro atoms. The number of thioether (sulfide) groups is 1. The van der Waals surface area contributed by atoms with Crippen LogP contribution < -0.4 is 10.1 Å². The summed E-state index contributed by atoms with van der Waals surface area (Å²) in [6, 6.07) is 6.75. The predicted octanol–water partition coefficient (Wildman–Crippen LogP) is 1.99. The van der Waals surface area contributed by atoms with E-state index >= 15 is 0 Å². The van der Waals surface area contributed by atoms with Crippen LogP contribution in [0.2, 0.25) is 0 Å². The van der Waals surface area contributed by atoms with E-state index in [0.29, 0.717) is 34.4 Å². The van der Waals surface area contributed by atoms with Gasteiger partial charge >= 0.3 is 11.9 Å². The average molecular weight is 446 g/mol. The van der Waals surface area contributed by atoms with E-state index in [4.69, 9.17) is 9.47 Å². The Bertz CT molecular complexity index is 1000. The maximum absolute atomic E-state index is 12.9. The lowest BCUT2D eigenvalue weighted by atomic mass is 9.98. The summed E-state index contributed by atoms with van der Waals surface area (Å²) < 4.78 is 12.1. The molecular weight excluding hydrogens is 420 g/mol. The highest BCUT2D eigenvalue weighted by Gasteiger charge is 2.48. The van der Waals surface area contributed by atoms with Crippen LogP contribution >= 0.6 is 11.8 Å². The first-order chi connectivity index (χ1) is 14.9. The van der Waals surface area contributed by atoms with Gasteiger partial charge in [0.05, 0.1) is 38.7 Å². The lowest BCUT2D eigenvalue weighted by Crippen LogP contribution is -2.53. The number of fused-ring (bicyclic) bond motifs is 1. The Morgan fingerprint density at radius 2 is 2.06 bits per heavy atom. The highest BCUT2D eigenvalue weighted by Crippen LogP contribution is 2.35. The number of benzene rings is 1. The Kier molecular flexibility index (Phi) is 7.24. The number of nitrogens with one attached hydrogen (secondary N) is 1. The normalized spacial score (nSPS) is 18.5. The predicted molar refractivity (Wildman–Crippen MR) is 119 cm³/mol. The van der Waals surface area contributed by atoms with E-state index in [-0.39, 0.29) is 24.2 Å². The van der Waals surface area contributed by atoms with E-state index in [2.05, 4.69) is 10.3 Å². The van der Waals surface area contributed by atoms with Crippen molar-refractivity contribution in [2.24, 2.45) is 10.9 Å². The molecule has 1 unspecified atom stereocenters. The van der Waals surface area contributed by atoms with E-state index in [1.54, 1.807) is 32.5 Å². The minimum atomic E-state index is -0.753. The second-order valence-electron chi connectivity index (χ2n) is 6.88. The summed E-state index contributed by atoms with van der Waals surface area (Å²) in [5.41, 5.74) is 1.28. The van der Waals surface area contributed by atoms with E-state index in [0.717, 1.165) is 4.90 Å². The fourth-order valence-electron chi connectivity index (χ4n) is 3.32. The van der Waals surface area contributed by atoms with Gasteiger partial charge in [-0.2, -0.15) is 9.48 Å². The monoisotopic (exact) mass is 445 g/mol. The summed E-state index contributed by atoms with van der Waals surface area (Å²) in [4.78, 5) is 43.9. The van der Waals surface area contributed by atoms with Crippen LogP contribution in [0.5, 0.6) is 5.75 Å². The molecular formula is C21H25N4O5S+. The van der Waals surface area contributed by atoms with Crippen molar-refractivity contribution in [3.8, 4) is 5.75 Å². The van der Waals surface area contributed by atoms with Gasteiger partial charge in [0.1, 0.15) is 12.0 Å². The minimum absolute atomic E-state index is 0.0648. The van der Waals surface area contributed by atoms with Crippen molar-refractivity contribution in [3.05, 3.63) is 34.7 Å². The largest absolute Gasteiger partial charge is 0.492 e. The Morgan fingerprint density at radius 1 is 1.32 bits per heavy atom. The third-order valence-corrected chi connectivity index (χ3v) is 6.02. The number of methoxy groups -OCH3 is 1. The zero-order valence-corrected chi connectivity index (χ0v) is 18.7. The molecule has 0 aliphatic carbocycles. The van der Waals surface area contributed by atoms with Crippen LogP contribution in [0.3, 0.4) is 0 Å². The number of amidine groups is 1. The van der Waals surface area contributed by atoms with Gasteiger partial charge in [-0.05, 0) is 19.1 Å². The van der Waals surface area contributed by atoms with Crippen LogP contribution in [0.1, 0.15) is 6.92 Å². The van der Waals surface area contributed by atoms with Crippen LogP contribution in [0.15, 0.2) is 39.7 Å². The van der Waals surface area contributed by atoms with Crippen LogP contribution in [-0.4, -0.2) is 79.5 Å². The molecule has 0 fully saturated rings. The number of aliphatic imine (C=N–C) groups is 1. The topological polar surface area (TPSA) is 100 Å². The molecule has 2 aliphatic heterocycles. The van der Waals surface area contributed by atoms with E-state index in [1.807, 2.05) is 19.1 Å². The first-order valence-corrected chi connectivity index (χ1v) is 10.7. The number of amides is 4. The van der Waals surface area contributed by atoms with Gasteiger partial charge in [0.2, 0.25) is 5.91 Å². The number of nitrogens with zero attached hydrogens (tertiary/aromatic N) is 3. The van der Waals surface area contributed by atoms with Gasteiger partial charge in [0.25, 0.3) is 5.84 Å². The standard InChI is InChI=1S/C21H24N4O5S/c1-5-30-15-9-7-6-8-14(15)23-16(26)12-31-18-13(11-29-4)10-22-19-17(18)20(27)25(3)21(28)24(19)2/h6-10,17H,5,11-12H2,1-4H3/p+1. The maximum Gasteiger partial charge on any atom is 0.445 e. The molecule has 1 atom stereocenters. The second kappa shape index (κ2) is 9.88. The van der Waals surface area contributed by atoms with Crippen LogP contribution in [0.4, 0.5) is 10.5 Å². The van der Waals surface area contributed by atoms with Gasteiger partial charge < -0.3 is 14.8 Å². The summed E-state index contributed by atoms with van der Waals surface area (Å²) >= 11 is 1.24. The molecule has 31 heavy (non-hydrogen) atoms. The van der Waals surface area contributed by atoms with Crippen LogP contribution in [0.25, 0.3) is 0 Å². The number of ether oxygens (including phenoxy) is 2. The Morgan fingerprint density at radius 3 is 2.77 bits per heavy atom. The van der Waals surface area contributed by atoms with Gasteiger partial charge in [-0.15, -0.1) is 16.8 Å². The first kappa shape index (κ1) is 22.7. The van der Waals surface area contributed by atoms with Gasteiger partial charge in [0.15, 0.2) is 5.92 Å². The van der Waals surface area contributed by atoms with Crippen molar-refractivity contribution in [1.82, 2.24) is 4.90 Å². The number of urea groups is 1. The highest BCUT2D eigenvalue weighted by atomic mass is 32.2. The molecule has 0 bridgehead atoms. The summed E-state index contributed by atoms with van der Waals surface area (Å²) in [5.74, 6) is -0.379. The molecule has 3 rings (SSSR count). The zero-order chi connectivity index (χ0) is 22.5. The molecule has 0 saturated carbocycles. The maximum atomic E-state index is 12.9. The Labute approximate surface area is 184 Å². The number of para-hydroxylation sites is 2. The van der Waals surface area contributed by atoms with Crippen LogP contribution in [-0.2, 0) is 14.3 Å². The number of rotatable bonds is 8. The number of dihydropyridines is 1. The SMILES string of the molecule is CCOc1ccccc1NC(=O)CSC1=C(COC)C=NC2=[N+](C)C(=O)N(C)C(=O)C12. The van der Waals surface area contributed by atoms with Gasteiger partial charge in [-0.25, -0.2) is 4.79 Å². The second-order valence-corrected chi connectivity index (χ2v) is 7.89. The summed E-state index contributed by atoms with van der Waals surface area (Å²) in [6.07, 6.45) is 1.59. The molecule has 164 valence electrons. The number of imide groups is 1. The van der Waals surface area contributed by atoms with E-state index < -0.39 is 11.9 Å². The quantitative estimate of drug-likeness (QED) is 0.615. The summed E-state index contributed by atoms with van der Waals surface area (Å²) in [7, 11) is 4.56. The molecule has 0 saturated heterocycles. The first-order valence-electron chi connectivity index (χ1n) is 9.71. The number of hydrogen-bond donors (Lipinski definition) is 1. The zero-order valence-electron chi connectivity index (χ0n) is 17.9. The fourth-order valence-corrected chi connectivity index (χ4v) is 4.35. The molecule has 1 aromatic rings. The lowest BCUT2D eigenvalue weighted by Gasteiger charge is -2.28. The lowest BCUT2D eigenvalue weighted by molar-refractivity contribution is -0.407. The smallest absolute Gasteiger partial charge is 0.445 e. The molecule has 0 aromatic heterocycles. The van der Waals surface area contributed by atoms with Gasteiger partial charge in [-0.1, -0.05) is 12.1 Å². The van der Waals surface area contributed by atoms with Crippen molar-refractivity contribution in [3.63, 3.8) is 0 Å². The number of hydrogen-bond acceptors (Lipinski definition) is 7. The third-order valence-electron chi connectivity index (χ3n) is 4.80. The molecule has 1 N–H and O–H groups in total. The number of carbonyl (C=O) groups is 3. The minimum Gasteiger partial charge on any atom is -0.492 e. The molecule has 2 aliphatic rings. The molecule has 1 aromatic carbocycles. The van der Waals surface area contributed by atoms with Crippen molar-refractivity contribution in [1.29, 1.82) is 0 Å². The molecule has 4 amide bonds. The molecule has 10 heteroatoms. The van der Waals surface area contributed by atoms with Crippen LogP contribution in [0, 0.1) is 5.92 Å². The Balaban J connectivity index is 1.82. The number of carbonyl (C=O) groups excluding carboxylic acids is 3. The molecule has 9 nitrogen and oxygen atoms in total. The Hall–Kier alpha value is -2.98. The van der Waals surface area contributed by atoms with E-state index in [1.165, 1.54) is 23.4 Å².